The van der Waals surface area contributed by atoms with Crippen LogP contribution in [0.4, 0.5) is 0 Å². The number of hydrogen-bond acceptors (Lipinski definition) is 0. The molecule has 1 radical (unpaired) electrons. The summed E-state index contributed by atoms with van der Waals surface area (Å²) in [6.45, 7) is 0. The summed E-state index contributed by atoms with van der Waals surface area (Å²) in [7, 11) is 0. The van der Waals surface area contributed by atoms with Crippen molar-refractivity contribution in [3.63, 3.8) is 0 Å². The molecule has 0 spiro atoms. The maximum absolute atomic E-state index is 3.70. The Kier molecular flexibility index (Phi) is 6.75. The normalized spacial score (nSPS) is 11.2. The molecule has 0 saturated carbocycles. The van der Waals surface area contributed by atoms with Crippen LogP contribution >= 0.6 is 0 Å². The van der Waals surface area contributed by atoms with E-state index in [4.69, 9.17) is 0 Å². The molecular formula is C40H24Y-2. The van der Waals surface area contributed by atoms with Crippen molar-refractivity contribution < 1.29 is 32.7 Å². The Morgan fingerprint density at radius 3 is 1.56 bits per heavy atom. The molecule has 0 aliphatic carbocycles. The second-order valence-corrected chi connectivity index (χ2v) is 10.3. The van der Waals surface area contributed by atoms with E-state index in [0.29, 0.717) is 0 Å². The zero-order valence-corrected chi connectivity index (χ0v) is 25.3. The number of benzene rings is 8. The second kappa shape index (κ2) is 10.7. The Labute approximate surface area is 265 Å². The van der Waals surface area contributed by atoms with Crippen LogP contribution < -0.4 is 0 Å². The summed E-state index contributed by atoms with van der Waals surface area (Å²) < 4.78 is 0. The van der Waals surface area contributed by atoms with Gasteiger partial charge < -0.3 is 0 Å². The van der Waals surface area contributed by atoms with E-state index in [2.05, 4.69) is 158 Å². The van der Waals surface area contributed by atoms with E-state index < -0.39 is 0 Å². The van der Waals surface area contributed by atoms with E-state index in [0.717, 1.165) is 11.1 Å². The van der Waals surface area contributed by atoms with Gasteiger partial charge in [-0.25, -0.2) is 11.1 Å². The van der Waals surface area contributed by atoms with Gasteiger partial charge in [0.15, 0.2) is 0 Å². The summed E-state index contributed by atoms with van der Waals surface area (Å²) in [6.07, 6.45) is 0. The van der Waals surface area contributed by atoms with Crippen LogP contribution in [0.25, 0.3) is 76.5 Å². The third kappa shape index (κ3) is 4.31. The van der Waals surface area contributed by atoms with Crippen LogP contribution in [0.15, 0.2) is 146 Å². The maximum Gasteiger partial charge on any atom is 0 e. The predicted octanol–water partition coefficient (Wildman–Crippen LogP) is 10.9. The first kappa shape index (κ1) is 25.8. The number of hydrogen-bond donors (Lipinski definition) is 0. The zero-order valence-electron chi connectivity index (χ0n) is 22.4. The first-order chi connectivity index (χ1) is 19.9. The standard InChI is InChI=1S/C40H24.Y/c1-2-13-28(14-3-1)39-34-18-8-10-20-36(34)40(37-21-11-9-19-35(37)39)38-25-24-31(32-16-6-7-17-33(32)38)30-23-22-27-12-4-5-15-29(27)26-30;/h1-22,25-26H;/q-2;. The Morgan fingerprint density at radius 2 is 0.902 bits per heavy atom. The average Bonchev–Trinajstić information content (AvgIpc) is 3.03. The molecule has 0 saturated heterocycles. The van der Waals surface area contributed by atoms with Crippen LogP contribution in [0, 0.1) is 12.1 Å². The van der Waals surface area contributed by atoms with Gasteiger partial charge in [-0.3, -0.25) is 0 Å². The van der Waals surface area contributed by atoms with Crippen LogP contribution in [0.2, 0.25) is 0 Å². The van der Waals surface area contributed by atoms with Gasteiger partial charge >= 0.3 is 0 Å². The third-order valence-electron chi connectivity index (χ3n) is 8.06. The number of fused-ring (bicyclic) bond motifs is 4. The van der Waals surface area contributed by atoms with Crippen molar-refractivity contribution in [2.45, 2.75) is 0 Å². The fourth-order valence-corrected chi connectivity index (χ4v) is 6.27. The van der Waals surface area contributed by atoms with E-state index >= 15 is 0 Å². The van der Waals surface area contributed by atoms with Crippen LogP contribution in [0.5, 0.6) is 0 Å². The molecule has 0 aromatic heterocycles. The molecule has 0 bridgehead atoms. The molecule has 0 N–H and O–H groups in total. The van der Waals surface area contributed by atoms with Crippen molar-refractivity contribution in [1.29, 1.82) is 0 Å². The molecule has 0 aliphatic rings. The van der Waals surface area contributed by atoms with Crippen molar-refractivity contribution >= 4 is 43.1 Å². The maximum atomic E-state index is 3.70. The molecule has 41 heavy (non-hydrogen) atoms. The minimum absolute atomic E-state index is 0. The van der Waals surface area contributed by atoms with Gasteiger partial charge in [-0.2, -0.15) is 18.2 Å². The van der Waals surface area contributed by atoms with E-state index in [1.165, 1.54) is 65.3 Å². The molecule has 0 unspecified atom stereocenters. The van der Waals surface area contributed by atoms with Gasteiger partial charge in [-0.1, -0.05) is 127 Å². The summed E-state index contributed by atoms with van der Waals surface area (Å²) in [6, 6.07) is 59.4. The zero-order chi connectivity index (χ0) is 26.5. The Morgan fingerprint density at radius 1 is 0.390 bits per heavy atom. The molecule has 8 aromatic carbocycles. The van der Waals surface area contributed by atoms with E-state index in [1.807, 2.05) is 0 Å². The van der Waals surface area contributed by atoms with Crippen LogP contribution in [-0.4, -0.2) is 0 Å². The Hall–Kier alpha value is -4.10. The summed E-state index contributed by atoms with van der Waals surface area (Å²) in [5.41, 5.74) is 7.13. The smallest absolute Gasteiger partial charge is 0 e. The molecule has 0 atom stereocenters. The molecule has 1 heteroatoms. The van der Waals surface area contributed by atoms with Crippen molar-refractivity contribution in [2.75, 3.05) is 0 Å². The molecule has 0 amide bonds. The predicted molar refractivity (Wildman–Crippen MR) is 170 cm³/mol. The topological polar surface area (TPSA) is 0 Å². The molecule has 189 valence electrons. The molecular weight excluding hydrogens is 569 g/mol. The van der Waals surface area contributed by atoms with Gasteiger partial charge in [0.25, 0.3) is 0 Å². The number of rotatable bonds is 3. The third-order valence-corrected chi connectivity index (χ3v) is 8.06. The quantitative estimate of drug-likeness (QED) is 0.141. The minimum Gasteiger partial charge on any atom is -0.225 e. The average molecular weight is 594 g/mol. The van der Waals surface area contributed by atoms with Crippen molar-refractivity contribution in [3.05, 3.63) is 158 Å². The van der Waals surface area contributed by atoms with Crippen molar-refractivity contribution in [2.24, 2.45) is 0 Å². The fraction of sp³-hybridized carbons (Fsp3) is 0. The minimum atomic E-state index is 0. The molecule has 0 heterocycles. The van der Waals surface area contributed by atoms with E-state index in [9.17, 15) is 0 Å². The summed E-state index contributed by atoms with van der Waals surface area (Å²) >= 11 is 0. The van der Waals surface area contributed by atoms with Gasteiger partial charge in [0, 0.05) is 32.7 Å². The van der Waals surface area contributed by atoms with Gasteiger partial charge in [0.1, 0.15) is 0 Å². The summed E-state index contributed by atoms with van der Waals surface area (Å²) in [5, 5.41) is 9.85. The van der Waals surface area contributed by atoms with E-state index in [-0.39, 0.29) is 32.7 Å². The van der Waals surface area contributed by atoms with Crippen LogP contribution in [-0.2, 0) is 32.7 Å². The monoisotopic (exact) mass is 593 g/mol. The SMILES string of the molecule is [Y].[c-]1cc2ccccc2cc1-c1[c-]cc(-c2c3ccccc3c(-c3ccccc3)c3ccccc23)c2ccccc12. The van der Waals surface area contributed by atoms with Crippen LogP contribution in [0.1, 0.15) is 0 Å². The molecule has 0 fully saturated rings. The fourth-order valence-electron chi connectivity index (χ4n) is 6.27. The molecule has 0 nitrogen and oxygen atoms in total. The van der Waals surface area contributed by atoms with Gasteiger partial charge in [-0.05, 0) is 38.2 Å². The molecule has 8 aromatic rings. The first-order valence-electron chi connectivity index (χ1n) is 13.7. The molecule has 8 rings (SSSR count). The largest absolute Gasteiger partial charge is 0.225 e. The van der Waals surface area contributed by atoms with Gasteiger partial charge in [0.05, 0.1) is 0 Å². The van der Waals surface area contributed by atoms with Crippen molar-refractivity contribution in [3.8, 4) is 33.4 Å². The van der Waals surface area contributed by atoms with Gasteiger partial charge in [0.2, 0.25) is 0 Å². The molecule has 0 aliphatic heterocycles. The van der Waals surface area contributed by atoms with E-state index in [1.54, 1.807) is 0 Å². The summed E-state index contributed by atoms with van der Waals surface area (Å²) in [5.74, 6) is 0. The summed E-state index contributed by atoms with van der Waals surface area (Å²) in [4.78, 5) is 0. The van der Waals surface area contributed by atoms with Crippen LogP contribution in [0.3, 0.4) is 0 Å². The Balaban J connectivity index is 0.00000276. The first-order valence-corrected chi connectivity index (χ1v) is 13.7. The van der Waals surface area contributed by atoms with Crippen molar-refractivity contribution in [1.82, 2.24) is 0 Å². The second-order valence-electron chi connectivity index (χ2n) is 10.3. The van der Waals surface area contributed by atoms with Gasteiger partial charge in [-0.15, -0.1) is 39.7 Å². The Bertz CT molecular complexity index is 2150.